The summed E-state index contributed by atoms with van der Waals surface area (Å²) < 4.78 is 2.35. The van der Waals surface area contributed by atoms with Crippen LogP contribution in [-0.4, -0.2) is 41.1 Å². The fourth-order valence-corrected chi connectivity index (χ4v) is 4.67. The molecule has 0 saturated carbocycles. The predicted molar refractivity (Wildman–Crippen MR) is 124 cm³/mol. The number of piperidine rings is 1. The van der Waals surface area contributed by atoms with Gasteiger partial charge >= 0.3 is 0 Å². The zero-order chi connectivity index (χ0) is 21.1. The third-order valence-electron chi connectivity index (χ3n) is 6.71. The van der Waals surface area contributed by atoms with E-state index in [-0.39, 0.29) is 5.91 Å². The molecule has 1 aliphatic rings. The summed E-state index contributed by atoms with van der Waals surface area (Å²) in [6.45, 7) is 10.2. The normalized spacial score (nSPS) is 17.4. The van der Waals surface area contributed by atoms with Crippen molar-refractivity contribution in [2.75, 3.05) is 19.6 Å². The van der Waals surface area contributed by atoms with Gasteiger partial charge in [0, 0.05) is 47.8 Å². The first-order valence-corrected chi connectivity index (χ1v) is 11.2. The van der Waals surface area contributed by atoms with Gasteiger partial charge in [0.05, 0.1) is 0 Å². The highest BCUT2D eigenvalue weighted by atomic mass is 16.1. The Balaban J connectivity index is 1.47. The summed E-state index contributed by atoms with van der Waals surface area (Å²) in [4.78, 5) is 15.3. The largest absolute Gasteiger partial charge is 0.351 e. The van der Waals surface area contributed by atoms with Gasteiger partial charge in [0.25, 0.3) is 5.91 Å². The minimum Gasteiger partial charge on any atom is -0.351 e. The molecule has 0 bridgehead atoms. The first-order chi connectivity index (χ1) is 14.5. The molecule has 2 heterocycles. The predicted octanol–water partition coefficient (Wildman–Crippen LogP) is 4.91. The Morgan fingerprint density at radius 3 is 2.67 bits per heavy atom. The molecule has 3 aromatic rings. The number of hydrogen-bond acceptors (Lipinski definition) is 2. The van der Waals surface area contributed by atoms with Crippen molar-refractivity contribution in [3.8, 4) is 0 Å². The molecular weight excluding hydrogens is 370 g/mol. The first-order valence-electron chi connectivity index (χ1n) is 11.2. The summed E-state index contributed by atoms with van der Waals surface area (Å²) in [6, 6.07) is 17.3. The fourth-order valence-electron chi connectivity index (χ4n) is 4.67. The van der Waals surface area contributed by atoms with Crippen molar-refractivity contribution in [2.24, 2.45) is 0 Å². The molecule has 0 unspecified atom stereocenters. The second-order valence-corrected chi connectivity index (χ2v) is 8.65. The number of aryl methyl sites for hydroxylation is 1. The van der Waals surface area contributed by atoms with E-state index in [1.807, 2.05) is 12.1 Å². The third-order valence-corrected chi connectivity index (χ3v) is 6.71. The number of likely N-dealkylation sites (tertiary alicyclic amines) is 1. The van der Waals surface area contributed by atoms with Gasteiger partial charge in [0.1, 0.15) is 0 Å². The van der Waals surface area contributed by atoms with E-state index in [0.29, 0.717) is 12.6 Å². The van der Waals surface area contributed by atoms with Gasteiger partial charge in [-0.15, -0.1) is 0 Å². The van der Waals surface area contributed by atoms with Crippen LogP contribution in [0, 0.1) is 13.8 Å². The maximum atomic E-state index is 12.8. The number of fused-ring (bicyclic) bond motifs is 1. The molecule has 1 amide bonds. The number of nitrogens with one attached hydrogen (secondary N) is 1. The minimum atomic E-state index is 0.0226. The van der Waals surface area contributed by atoms with Crippen molar-refractivity contribution in [1.82, 2.24) is 14.8 Å². The van der Waals surface area contributed by atoms with E-state index in [2.05, 4.69) is 72.0 Å². The molecule has 1 aliphatic heterocycles. The van der Waals surface area contributed by atoms with Crippen molar-refractivity contribution in [1.29, 1.82) is 0 Å². The topological polar surface area (TPSA) is 37.3 Å². The number of carbonyl (C=O) groups excluding carboxylic acids is 1. The van der Waals surface area contributed by atoms with Crippen LogP contribution in [0.25, 0.3) is 10.9 Å². The quantitative estimate of drug-likeness (QED) is 0.635. The molecule has 4 nitrogen and oxygen atoms in total. The Kier molecular flexibility index (Phi) is 6.24. The van der Waals surface area contributed by atoms with Crippen LogP contribution in [0.3, 0.4) is 0 Å². The van der Waals surface area contributed by atoms with Gasteiger partial charge in [-0.3, -0.25) is 9.69 Å². The van der Waals surface area contributed by atoms with E-state index in [9.17, 15) is 4.79 Å². The Morgan fingerprint density at radius 1 is 1.10 bits per heavy atom. The molecule has 1 N–H and O–H groups in total. The van der Waals surface area contributed by atoms with E-state index in [0.717, 1.165) is 25.2 Å². The summed E-state index contributed by atoms with van der Waals surface area (Å²) in [6.07, 6.45) is 3.86. The first kappa shape index (κ1) is 20.7. The van der Waals surface area contributed by atoms with Crippen molar-refractivity contribution < 1.29 is 4.79 Å². The molecule has 4 rings (SSSR count). The number of carbonyl (C=O) groups is 1. The van der Waals surface area contributed by atoms with Crippen molar-refractivity contribution in [3.63, 3.8) is 0 Å². The van der Waals surface area contributed by atoms with Gasteiger partial charge in [-0.25, -0.2) is 0 Å². The van der Waals surface area contributed by atoms with Gasteiger partial charge in [0.15, 0.2) is 0 Å². The lowest BCUT2D eigenvalue weighted by molar-refractivity contribution is 0.0938. The highest BCUT2D eigenvalue weighted by molar-refractivity contribution is 5.99. The molecule has 158 valence electrons. The highest BCUT2D eigenvalue weighted by Crippen LogP contribution is 2.27. The summed E-state index contributed by atoms with van der Waals surface area (Å²) in [5.74, 6) is 0.0226. The number of aromatic nitrogens is 1. The van der Waals surface area contributed by atoms with Crippen LogP contribution in [-0.2, 0) is 6.54 Å². The fraction of sp³-hybridized carbons (Fsp3) is 0.423. The standard InChI is InChI=1S/C26H33N3O/c1-19-9-7-8-15-28(19)16-14-27-26(30)23-12-13-25-24(17-23)20(2)21(3)29(25)18-22-10-5-4-6-11-22/h4-6,10-13,17,19H,7-9,14-16,18H2,1-3H3,(H,27,30)/t19-/m1/s1. The molecule has 0 spiro atoms. The van der Waals surface area contributed by atoms with E-state index >= 15 is 0 Å². The van der Waals surface area contributed by atoms with Crippen molar-refractivity contribution >= 4 is 16.8 Å². The average molecular weight is 404 g/mol. The third kappa shape index (κ3) is 4.29. The average Bonchev–Trinajstić information content (AvgIpc) is 3.00. The van der Waals surface area contributed by atoms with Gasteiger partial charge in [-0.05, 0) is 69.5 Å². The minimum absolute atomic E-state index is 0.0226. The van der Waals surface area contributed by atoms with Crippen molar-refractivity contribution in [2.45, 2.75) is 52.6 Å². The Morgan fingerprint density at radius 2 is 1.90 bits per heavy atom. The summed E-state index contributed by atoms with van der Waals surface area (Å²) >= 11 is 0. The van der Waals surface area contributed by atoms with Crippen molar-refractivity contribution in [3.05, 3.63) is 70.9 Å². The van der Waals surface area contributed by atoms with Gasteiger partial charge in [0.2, 0.25) is 0 Å². The Hall–Kier alpha value is -2.59. The highest BCUT2D eigenvalue weighted by Gasteiger charge is 2.18. The van der Waals surface area contributed by atoms with Crippen LogP contribution in [0.1, 0.15) is 53.4 Å². The maximum absolute atomic E-state index is 12.8. The number of rotatable bonds is 6. The number of benzene rings is 2. The Labute approximate surface area is 179 Å². The molecule has 30 heavy (non-hydrogen) atoms. The second kappa shape index (κ2) is 9.05. The summed E-state index contributed by atoms with van der Waals surface area (Å²) in [5.41, 5.74) is 5.72. The van der Waals surface area contributed by atoms with Crippen LogP contribution < -0.4 is 5.32 Å². The molecular formula is C26H33N3O. The summed E-state index contributed by atoms with van der Waals surface area (Å²) in [7, 11) is 0. The number of nitrogens with zero attached hydrogens (tertiary/aromatic N) is 2. The molecule has 1 atom stereocenters. The van der Waals surface area contributed by atoms with Crippen LogP contribution in [0.15, 0.2) is 48.5 Å². The zero-order valence-electron chi connectivity index (χ0n) is 18.4. The molecule has 4 heteroatoms. The molecule has 2 aromatic carbocycles. The van der Waals surface area contributed by atoms with Crippen LogP contribution >= 0.6 is 0 Å². The number of hydrogen-bond donors (Lipinski definition) is 1. The van der Waals surface area contributed by atoms with E-state index < -0.39 is 0 Å². The second-order valence-electron chi connectivity index (χ2n) is 8.65. The number of amides is 1. The zero-order valence-corrected chi connectivity index (χ0v) is 18.4. The van der Waals surface area contributed by atoms with Gasteiger partial charge < -0.3 is 9.88 Å². The van der Waals surface area contributed by atoms with Crippen LogP contribution in [0.4, 0.5) is 0 Å². The van der Waals surface area contributed by atoms with Gasteiger partial charge in [-0.1, -0.05) is 36.8 Å². The lowest BCUT2D eigenvalue weighted by atomic mass is 10.0. The van der Waals surface area contributed by atoms with Crippen LogP contribution in [0.2, 0.25) is 0 Å². The Bertz CT molecular complexity index is 1020. The van der Waals surface area contributed by atoms with E-state index in [1.54, 1.807) is 0 Å². The molecule has 0 radical (unpaired) electrons. The smallest absolute Gasteiger partial charge is 0.251 e. The maximum Gasteiger partial charge on any atom is 0.251 e. The molecule has 0 aliphatic carbocycles. The monoisotopic (exact) mass is 403 g/mol. The van der Waals surface area contributed by atoms with Gasteiger partial charge in [-0.2, -0.15) is 0 Å². The molecule has 1 fully saturated rings. The SMILES string of the molecule is Cc1c(C)n(Cc2ccccc2)c2ccc(C(=O)NCCN3CCCC[C@H]3C)cc12. The lowest BCUT2D eigenvalue weighted by Crippen LogP contribution is -2.42. The molecule has 1 saturated heterocycles. The van der Waals surface area contributed by atoms with E-state index in [1.165, 1.54) is 47.0 Å². The van der Waals surface area contributed by atoms with E-state index in [4.69, 9.17) is 0 Å². The summed E-state index contributed by atoms with van der Waals surface area (Å²) in [5, 5.41) is 4.29. The molecule has 1 aromatic heterocycles. The lowest BCUT2D eigenvalue weighted by Gasteiger charge is -2.33. The van der Waals surface area contributed by atoms with Crippen LogP contribution in [0.5, 0.6) is 0 Å².